The number of carbonyl (C=O) groups excluding carboxylic acids is 2. The van der Waals surface area contributed by atoms with E-state index in [0.717, 1.165) is 16.5 Å². The number of nitrogens with zero attached hydrogens (tertiary/aromatic N) is 1. The molecule has 45 heavy (non-hydrogen) atoms. The van der Waals surface area contributed by atoms with Crippen LogP contribution in [-0.2, 0) is 0 Å². The number of nitrogens with one attached hydrogen (secondary N) is 2. The molecule has 0 atom stereocenters. The molecule has 2 N–H and O–H groups in total. The van der Waals surface area contributed by atoms with Gasteiger partial charge in [-0.25, -0.2) is 10.2 Å². The van der Waals surface area contributed by atoms with Gasteiger partial charge in [0, 0.05) is 21.0 Å². The molecule has 5 aromatic rings. The van der Waals surface area contributed by atoms with E-state index in [1.807, 2.05) is 62.4 Å². The van der Waals surface area contributed by atoms with E-state index in [9.17, 15) is 9.59 Å². The van der Waals surface area contributed by atoms with Gasteiger partial charge in [-0.15, -0.1) is 0 Å². The Hall–Kier alpha value is -4.61. The molecule has 5 rings (SSSR count). The Morgan fingerprint density at radius 1 is 0.889 bits per heavy atom. The lowest BCUT2D eigenvalue weighted by Crippen LogP contribution is -2.19. The standard InChI is InChI=1S/C34H29Br2N3O6/c1-4-43-26-15-14-21(17-28(26)44-5-2)34(41)45-32-22(16-23(35)18-25(32)36)19-37-39-33(40)31-29(20-10-7-6-8-11-20)24-12-9-13-27(42-3)30(24)38-31/h6-19,38H,4-5H2,1-3H3,(H,39,40). The highest BCUT2D eigenvalue weighted by Crippen LogP contribution is 2.37. The van der Waals surface area contributed by atoms with Gasteiger partial charge in [-0.1, -0.05) is 58.4 Å². The number of aromatic amines is 1. The summed E-state index contributed by atoms with van der Waals surface area (Å²) < 4.78 is 23.8. The first-order valence-corrected chi connectivity index (χ1v) is 15.6. The van der Waals surface area contributed by atoms with E-state index >= 15 is 0 Å². The SMILES string of the molecule is CCOc1ccc(C(=O)Oc2c(Br)cc(Br)cc2C=NNC(=O)c2[nH]c3c(OC)cccc3c2-c2ccccc2)cc1OCC. The van der Waals surface area contributed by atoms with Crippen LogP contribution in [0.3, 0.4) is 0 Å². The summed E-state index contributed by atoms with van der Waals surface area (Å²) in [7, 11) is 1.58. The molecule has 0 radical (unpaired) electrons. The minimum absolute atomic E-state index is 0.216. The Labute approximate surface area is 276 Å². The van der Waals surface area contributed by atoms with Gasteiger partial charge in [0.2, 0.25) is 0 Å². The first kappa shape index (κ1) is 31.8. The molecular weight excluding hydrogens is 706 g/mol. The third-order valence-corrected chi connectivity index (χ3v) is 7.73. The Kier molecular flexibility index (Phi) is 10.2. The largest absolute Gasteiger partial charge is 0.495 e. The van der Waals surface area contributed by atoms with Crippen LogP contribution in [-0.4, -0.2) is 43.4 Å². The molecule has 0 spiro atoms. The number of halogens is 2. The summed E-state index contributed by atoms with van der Waals surface area (Å²) in [5, 5.41) is 5.05. The van der Waals surface area contributed by atoms with Crippen LogP contribution >= 0.6 is 31.9 Å². The minimum Gasteiger partial charge on any atom is -0.495 e. The summed E-state index contributed by atoms with van der Waals surface area (Å²) in [6.07, 6.45) is 1.41. The van der Waals surface area contributed by atoms with Gasteiger partial charge in [0.1, 0.15) is 11.4 Å². The molecule has 0 aliphatic carbocycles. The molecule has 9 nitrogen and oxygen atoms in total. The number of rotatable bonds is 11. The van der Waals surface area contributed by atoms with Gasteiger partial charge in [0.25, 0.3) is 5.91 Å². The quantitative estimate of drug-likeness (QED) is 0.0614. The highest BCUT2D eigenvalue weighted by atomic mass is 79.9. The van der Waals surface area contributed by atoms with Crippen LogP contribution in [0.1, 0.15) is 40.3 Å². The van der Waals surface area contributed by atoms with E-state index in [1.54, 1.807) is 37.4 Å². The van der Waals surface area contributed by atoms with E-state index in [0.29, 0.717) is 56.2 Å². The van der Waals surface area contributed by atoms with Crippen molar-refractivity contribution in [2.75, 3.05) is 20.3 Å². The molecule has 11 heteroatoms. The van der Waals surface area contributed by atoms with E-state index < -0.39 is 11.9 Å². The van der Waals surface area contributed by atoms with Gasteiger partial charge in [-0.05, 0) is 71.7 Å². The summed E-state index contributed by atoms with van der Waals surface area (Å²) in [4.78, 5) is 30.0. The zero-order chi connectivity index (χ0) is 31.9. The molecule has 230 valence electrons. The summed E-state index contributed by atoms with van der Waals surface area (Å²) in [5.74, 6) is 0.728. The molecule has 0 fully saturated rings. The predicted molar refractivity (Wildman–Crippen MR) is 181 cm³/mol. The number of H-pyrrole nitrogens is 1. The number of hydrogen-bond donors (Lipinski definition) is 2. The maximum absolute atomic E-state index is 13.5. The van der Waals surface area contributed by atoms with Crippen LogP contribution in [0, 0.1) is 0 Å². The Morgan fingerprint density at radius 2 is 1.64 bits per heavy atom. The Balaban J connectivity index is 1.43. The van der Waals surface area contributed by atoms with Crippen molar-refractivity contribution in [2.45, 2.75) is 13.8 Å². The van der Waals surface area contributed by atoms with Gasteiger partial charge in [-0.2, -0.15) is 5.10 Å². The third kappa shape index (κ3) is 7.05. The van der Waals surface area contributed by atoms with Crippen LogP contribution < -0.4 is 24.4 Å². The van der Waals surface area contributed by atoms with Gasteiger partial charge in [-0.3, -0.25) is 4.79 Å². The normalized spacial score (nSPS) is 11.0. The second kappa shape index (κ2) is 14.4. The maximum atomic E-state index is 13.5. The average Bonchev–Trinajstić information content (AvgIpc) is 3.44. The second-order valence-corrected chi connectivity index (χ2v) is 11.3. The number of ether oxygens (including phenoxy) is 4. The minimum atomic E-state index is -0.611. The lowest BCUT2D eigenvalue weighted by molar-refractivity contribution is 0.0732. The lowest BCUT2D eigenvalue weighted by Gasteiger charge is -2.13. The Bertz CT molecular complexity index is 1890. The van der Waals surface area contributed by atoms with Crippen molar-refractivity contribution in [1.82, 2.24) is 10.4 Å². The molecule has 1 heterocycles. The maximum Gasteiger partial charge on any atom is 0.343 e. The van der Waals surface area contributed by atoms with Crippen molar-refractivity contribution >= 4 is 60.9 Å². The van der Waals surface area contributed by atoms with Gasteiger partial charge < -0.3 is 23.9 Å². The van der Waals surface area contributed by atoms with Gasteiger partial charge in [0.05, 0.1) is 42.1 Å². The number of aromatic nitrogens is 1. The van der Waals surface area contributed by atoms with Crippen LogP contribution in [0.4, 0.5) is 0 Å². The van der Waals surface area contributed by atoms with Crippen LogP contribution in [0.5, 0.6) is 23.0 Å². The number of esters is 1. The molecule has 0 aliphatic heterocycles. The molecule has 0 unspecified atom stereocenters. The van der Waals surface area contributed by atoms with Crippen molar-refractivity contribution in [3.05, 3.63) is 105 Å². The number of para-hydroxylation sites is 1. The monoisotopic (exact) mass is 733 g/mol. The number of amides is 1. The fraction of sp³-hybridized carbons (Fsp3) is 0.147. The number of hydrogen-bond acceptors (Lipinski definition) is 7. The third-order valence-electron chi connectivity index (χ3n) is 6.69. The van der Waals surface area contributed by atoms with Crippen molar-refractivity contribution in [3.63, 3.8) is 0 Å². The second-order valence-electron chi connectivity index (χ2n) is 9.55. The van der Waals surface area contributed by atoms with E-state index in [2.05, 4.69) is 47.4 Å². The molecule has 0 bridgehead atoms. The Morgan fingerprint density at radius 3 is 2.38 bits per heavy atom. The van der Waals surface area contributed by atoms with Crippen molar-refractivity contribution in [1.29, 1.82) is 0 Å². The summed E-state index contributed by atoms with van der Waals surface area (Å²) in [6.45, 7) is 4.58. The fourth-order valence-electron chi connectivity index (χ4n) is 4.77. The van der Waals surface area contributed by atoms with E-state index in [4.69, 9.17) is 18.9 Å². The van der Waals surface area contributed by atoms with Crippen molar-refractivity contribution < 1.29 is 28.5 Å². The number of benzene rings is 4. The van der Waals surface area contributed by atoms with E-state index in [-0.39, 0.29) is 11.3 Å². The van der Waals surface area contributed by atoms with E-state index in [1.165, 1.54) is 6.21 Å². The number of carbonyl (C=O) groups is 2. The van der Waals surface area contributed by atoms with Crippen LogP contribution in [0.15, 0.2) is 92.9 Å². The highest BCUT2D eigenvalue weighted by Gasteiger charge is 2.21. The molecule has 0 saturated carbocycles. The van der Waals surface area contributed by atoms with Crippen LogP contribution in [0.25, 0.3) is 22.0 Å². The molecule has 1 amide bonds. The molecule has 0 aliphatic rings. The molecule has 1 aromatic heterocycles. The number of hydrazone groups is 1. The summed E-state index contributed by atoms with van der Waals surface area (Å²) in [6, 6.07) is 23.5. The van der Waals surface area contributed by atoms with Crippen molar-refractivity contribution in [2.24, 2.45) is 5.10 Å². The smallest absolute Gasteiger partial charge is 0.343 e. The zero-order valence-corrected chi connectivity index (χ0v) is 27.8. The number of fused-ring (bicyclic) bond motifs is 1. The number of methoxy groups -OCH3 is 1. The first-order valence-electron chi connectivity index (χ1n) is 14.0. The lowest BCUT2D eigenvalue weighted by atomic mass is 10.0. The zero-order valence-electron chi connectivity index (χ0n) is 24.6. The van der Waals surface area contributed by atoms with Gasteiger partial charge in [0.15, 0.2) is 17.2 Å². The summed E-state index contributed by atoms with van der Waals surface area (Å²) >= 11 is 6.95. The topological polar surface area (TPSA) is 111 Å². The average molecular weight is 735 g/mol. The highest BCUT2D eigenvalue weighted by molar-refractivity contribution is 9.11. The fourth-order valence-corrected chi connectivity index (χ4v) is 6.10. The van der Waals surface area contributed by atoms with Gasteiger partial charge >= 0.3 is 5.97 Å². The van der Waals surface area contributed by atoms with Crippen molar-refractivity contribution in [3.8, 4) is 34.1 Å². The molecule has 4 aromatic carbocycles. The molecule has 0 saturated heterocycles. The summed E-state index contributed by atoms with van der Waals surface area (Å²) in [5.41, 5.74) is 5.90. The first-order chi connectivity index (χ1) is 21.8. The predicted octanol–water partition coefficient (Wildman–Crippen LogP) is 8.15. The van der Waals surface area contributed by atoms with Crippen LogP contribution in [0.2, 0.25) is 0 Å². The molecular formula is C34H29Br2N3O6.